The van der Waals surface area contributed by atoms with Gasteiger partial charge in [0.15, 0.2) is 0 Å². The average molecular weight is 294 g/mol. The van der Waals surface area contributed by atoms with Gasteiger partial charge in [0.05, 0.1) is 0 Å². The standard InChI is InChI=1S/C18H28ClN/c1-18(2,3)20-13-16(15-8-4-5-9-15)11-14-7-6-10-17(19)12-14/h6-7,10,12,15-16,20H,4-5,8-9,11,13H2,1-3H3. The lowest BCUT2D eigenvalue weighted by Gasteiger charge is -2.29. The van der Waals surface area contributed by atoms with Gasteiger partial charge >= 0.3 is 0 Å². The first-order valence-electron chi connectivity index (χ1n) is 7.93. The maximum absolute atomic E-state index is 6.12. The zero-order chi connectivity index (χ0) is 14.6. The molecular weight excluding hydrogens is 266 g/mol. The molecule has 0 aliphatic heterocycles. The van der Waals surface area contributed by atoms with Crippen LogP contribution in [0.25, 0.3) is 0 Å². The Labute approximate surface area is 129 Å². The van der Waals surface area contributed by atoms with Crippen molar-refractivity contribution in [2.75, 3.05) is 6.54 Å². The second-order valence-electron chi connectivity index (χ2n) is 7.27. The van der Waals surface area contributed by atoms with E-state index in [0.29, 0.717) is 0 Å². The highest BCUT2D eigenvalue weighted by Crippen LogP contribution is 2.33. The van der Waals surface area contributed by atoms with Gasteiger partial charge in [0.25, 0.3) is 0 Å². The van der Waals surface area contributed by atoms with Crippen LogP contribution in [0.1, 0.15) is 52.0 Å². The van der Waals surface area contributed by atoms with Gasteiger partial charge < -0.3 is 5.32 Å². The summed E-state index contributed by atoms with van der Waals surface area (Å²) >= 11 is 6.12. The molecule has 1 aromatic rings. The van der Waals surface area contributed by atoms with E-state index >= 15 is 0 Å². The Morgan fingerprint density at radius 3 is 2.55 bits per heavy atom. The fourth-order valence-electron chi connectivity index (χ4n) is 3.24. The molecule has 0 bridgehead atoms. The van der Waals surface area contributed by atoms with Gasteiger partial charge in [-0.15, -0.1) is 0 Å². The molecule has 1 saturated carbocycles. The highest BCUT2D eigenvalue weighted by atomic mass is 35.5. The Hall–Kier alpha value is -0.530. The first kappa shape index (κ1) is 15.9. The van der Waals surface area contributed by atoms with Crippen LogP contribution in [0.2, 0.25) is 5.02 Å². The fourth-order valence-corrected chi connectivity index (χ4v) is 3.45. The summed E-state index contributed by atoms with van der Waals surface area (Å²) in [5.41, 5.74) is 1.58. The van der Waals surface area contributed by atoms with Crippen molar-refractivity contribution >= 4 is 11.6 Å². The van der Waals surface area contributed by atoms with Gasteiger partial charge in [-0.25, -0.2) is 0 Å². The third-order valence-corrected chi connectivity index (χ3v) is 4.58. The normalized spacial score (nSPS) is 18.4. The van der Waals surface area contributed by atoms with E-state index in [1.807, 2.05) is 6.07 Å². The van der Waals surface area contributed by atoms with Gasteiger partial charge in [-0.3, -0.25) is 0 Å². The van der Waals surface area contributed by atoms with Crippen molar-refractivity contribution in [1.29, 1.82) is 0 Å². The Morgan fingerprint density at radius 2 is 1.95 bits per heavy atom. The molecule has 0 saturated heterocycles. The highest BCUT2D eigenvalue weighted by molar-refractivity contribution is 6.30. The van der Waals surface area contributed by atoms with Crippen molar-refractivity contribution in [3.05, 3.63) is 34.9 Å². The predicted molar refractivity (Wildman–Crippen MR) is 88.4 cm³/mol. The summed E-state index contributed by atoms with van der Waals surface area (Å²) in [6.07, 6.45) is 6.76. The van der Waals surface area contributed by atoms with Crippen molar-refractivity contribution in [2.45, 2.75) is 58.4 Å². The van der Waals surface area contributed by atoms with Gasteiger partial charge in [0, 0.05) is 10.6 Å². The quantitative estimate of drug-likeness (QED) is 0.798. The topological polar surface area (TPSA) is 12.0 Å². The van der Waals surface area contributed by atoms with Gasteiger partial charge in [0.2, 0.25) is 0 Å². The van der Waals surface area contributed by atoms with Crippen LogP contribution in [-0.2, 0) is 6.42 Å². The summed E-state index contributed by atoms with van der Waals surface area (Å²) in [4.78, 5) is 0. The molecule has 2 rings (SSSR count). The molecule has 112 valence electrons. The number of hydrogen-bond acceptors (Lipinski definition) is 1. The molecule has 0 spiro atoms. The van der Waals surface area contributed by atoms with Gasteiger partial charge in [-0.2, -0.15) is 0 Å². The number of nitrogens with one attached hydrogen (secondary N) is 1. The van der Waals surface area contributed by atoms with E-state index in [9.17, 15) is 0 Å². The van der Waals surface area contributed by atoms with Crippen LogP contribution in [-0.4, -0.2) is 12.1 Å². The van der Waals surface area contributed by atoms with E-state index in [1.165, 1.54) is 31.2 Å². The number of hydrogen-bond donors (Lipinski definition) is 1. The minimum absolute atomic E-state index is 0.200. The second-order valence-corrected chi connectivity index (χ2v) is 7.71. The molecule has 2 heteroatoms. The van der Waals surface area contributed by atoms with Crippen molar-refractivity contribution < 1.29 is 0 Å². The molecule has 1 N–H and O–H groups in total. The third-order valence-electron chi connectivity index (χ3n) is 4.35. The molecule has 1 atom stereocenters. The molecule has 0 heterocycles. The molecule has 1 aliphatic rings. The van der Waals surface area contributed by atoms with E-state index in [4.69, 9.17) is 11.6 Å². The Balaban J connectivity index is 2.01. The van der Waals surface area contributed by atoms with Crippen LogP contribution in [0.4, 0.5) is 0 Å². The molecular formula is C18H28ClN. The van der Waals surface area contributed by atoms with E-state index < -0.39 is 0 Å². The maximum Gasteiger partial charge on any atom is 0.0408 e. The first-order valence-corrected chi connectivity index (χ1v) is 8.31. The van der Waals surface area contributed by atoms with Crippen LogP contribution in [0.3, 0.4) is 0 Å². The lowest BCUT2D eigenvalue weighted by Crippen LogP contribution is -2.41. The van der Waals surface area contributed by atoms with Crippen LogP contribution in [0, 0.1) is 11.8 Å². The summed E-state index contributed by atoms with van der Waals surface area (Å²) in [7, 11) is 0. The number of rotatable bonds is 5. The Morgan fingerprint density at radius 1 is 1.25 bits per heavy atom. The highest BCUT2D eigenvalue weighted by Gasteiger charge is 2.26. The largest absolute Gasteiger partial charge is 0.312 e. The Bertz CT molecular complexity index is 416. The SMILES string of the molecule is CC(C)(C)NCC(Cc1cccc(Cl)c1)C1CCCC1. The summed E-state index contributed by atoms with van der Waals surface area (Å²) in [6, 6.07) is 8.37. The van der Waals surface area contributed by atoms with E-state index in [0.717, 1.165) is 29.8 Å². The molecule has 1 fully saturated rings. The van der Waals surface area contributed by atoms with Crippen LogP contribution < -0.4 is 5.32 Å². The number of halogens is 1. The molecule has 0 amide bonds. The first-order chi connectivity index (χ1) is 9.44. The van der Waals surface area contributed by atoms with E-state index in [-0.39, 0.29) is 5.54 Å². The molecule has 1 aromatic carbocycles. The van der Waals surface area contributed by atoms with E-state index in [1.54, 1.807) is 0 Å². The van der Waals surface area contributed by atoms with Crippen molar-refractivity contribution in [1.82, 2.24) is 5.32 Å². The average Bonchev–Trinajstić information content (AvgIpc) is 2.87. The van der Waals surface area contributed by atoms with Gasteiger partial charge in [-0.05, 0) is 63.3 Å². The van der Waals surface area contributed by atoms with Gasteiger partial charge in [-0.1, -0.05) is 49.4 Å². The smallest absolute Gasteiger partial charge is 0.0408 e. The lowest BCUT2D eigenvalue weighted by molar-refractivity contribution is 0.286. The third kappa shape index (κ3) is 5.10. The van der Waals surface area contributed by atoms with Crippen LogP contribution in [0.5, 0.6) is 0 Å². The zero-order valence-corrected chi connectivity index (χ0v) is 13.8. The molecule has 1 aliphatic carbocycles. The van der Waals surface area contributed by atoms with Crippen molar-refractivity contribution in [2.24, 2.45) is 11.8 Å². The second kappa shape index (κ2) is 6.95. The van der Waals surface area contributed by atoms with Gasteiger partial charge in [0.1, 0.15) is 0 Å². The molecule has 1 nitrogen and oxygen atoms in total. The molecule has 0 aromatic heterocycles. The summed E-state index contributed by atoms with van der Waals surface area (Å²) in [5, 5.41) is 4.56. The number of benzene rings is 1. The van der Waals surface area contributed by atoms with Crippen molar-refractivity contribution in [3.63, 3.8) is 0 Å². The minimum atomic E-state index is 0.200. The summed E-state index contributed by atoms with van der Waals surface area (Å²) < 4.78 is 0. The molecule has 1 unspecified atom stereocenters. The summed E-state index contributed by atoms with van der Waals surface area (Å²) in [5.74, 6) is 1.61. The van der Waals surface area contributed by atoms with Crippen molar-refractivity contribution in [3.8, 4) is 0 Å². The molecule has 20 heavy (non-hydrogen) atoms. The van der Waals surface area contributed by atoms with Crippen LogP contribution >= 0.6 is 11.6 Å². The Kier molecular flexibility index (Phi) is 5.51. The minimum Gasteiger partial charge on any atom is -0.312 e. The van der Waals surface area contributed by atoms with Crippen LogP contribution in [0.15, 0.2) is 24.3 Å². The molecule has 0 radical (unpaired) electrons. The lowest BCUT2D eigenvalue weighted by atomic mass is 9.85. The fraction of sp³-hybridized carbons (Fsp3) is 0.667. The zero-order valence-electron chi connectivity index (χ0n) is 13.1. The van der Waals surface area contributed by atoms with E-state index in [2.05, 4.69) is 44.3 Å². The maximum atomic E-state index is 6.12. The predicted octanol–water partition coefficient (Wildman–Crippen LogP) is 5.08. The summed E-state index contributed by atoms with van der Waals surface area (Å²) in [6.45, 7) is 7.86. The monoisotopic (exact) mass is 293 g/mol.